The topological polar surface area (TPSA) is 94.6 Å². The lowest BCUT2D eigenvalue weighted by atomic mass is 10.2. The monoisotopic (exact) mass is 584 g/mol. The van der Waals surface area contributed by atoms with Crippen LogP contribution in [0.2, 0.25) is 0 Å². The molecule has 1 amide bonds. The van der Waals surface area contributed by atoms with Crippen molar-refractivity contribution in [2.75, 3.05) is 46.0 Å². The number of hydrogen-bond donors (Lipinski definition) is 0. The number of carbonyl (C=O) groups is 1. The number of alkyl halides is 6. The maximum Gasteiger partial charge on any atom is 0.422 e. The van der Waals surface area contributed by atoms with Crippen LogP contribution in [0.4, 0.5) is 26.3 Å². The minimum absolute atomic E-state index is 0.0566. The predicted molar refractivity (Wildman–Crippen MR) is 121 cm³/mol. The van der Waals surface area contributed by atoms with Crippen molar-refractivity contribution in [3.8, 4) is 23.0 Å². The third-order valence-corrected chi connectivity index (χ3v) is 7.58. The molecule has 0 spiro atoms. The summed E-state index contributed by atoms with van der Waals surface area (Å²) in [6.07, 6.45) is -10.5. The van der Waals surface area contributed by atoms with Crippen molar-refractivity contribution < 1.29 is 58.5 Å². The Labute approximate surface area is 218 Å². The van der Waals surface area contributed by atoms with E-state index in [1.807, 2.05) is 0 Å². The third kappa shape index (κ3) is 7.17. The summed E-state index contributed by atoms with van der Waals surface area (Å²) >= 11 is 0. The van der Waals surface area contributed by atoms with Crippen molar-refractivity contribution in [2.24, 2.45) is 0 Å². The molecule has 1 unspecified atom stereocenters. The number of sulfonamides is 1. The van der Waals surface area contributed by atoms with Gasteiger partial charge >= 0.3 is 12.4 Å². The minimum Gasteiger partial charge on any atom is -0.485 e. The van der Waals surface area contributed by atoms with E-state index >= 15 is 0 Å². The van der Waals surface area contributed by atoms with Crippen LogP contribution in [0, 0.1) is 0 Å². The summed E-state index contributed by atoms with van der Waals surface area (Å²) in [7, 11) is -4.56. The van der Waals surface area contributed by atoms with E-state index in [0.29, 0.717) is 17.6 Å². The van der Waals surface area contributed by atoms with Crippen LogP contribution in [0.15, 0.2) is 47.4 Å². The van der Waals surface area contributed by atoms with E-state index in [-0.39, 0.29) is 32.8 Å². The van der Waals surface area contributed by atoms with Crippen LogP contribution in [0.3, 0.4) is 0 Å². The molecule has 16 heteroatoms. The molecular formula is C23H22F6N2O7S. The predicted octanol–water partition coefficient (Wildman–Crippen LogP) is 3.24. The molecule has 0 saturated carbocycles. The second-order valence-corrected chi connectivity index (χ2v) is 10.4. The highest BCUT2D eigenvalue weighted by molar-refractivity contribution is 7.89. The quantitative estimate of drug-likeness (QED) is 0.462. The van der Waals surface area contributed by atoms with Gasteiger partial charge in [0.15, 0.2) is 24.7 Å². The van der Waals surface area contributed by atoms with E-state index in [0.717, 1.165) is 16.4 Å². The molecular weight excluding hydrogens is 562 g/mol. The van der Waals surface area contributed by atoms with Crippen LogP contribution in [0.1, 0.15) is 0 Å². The first kappa shape index (κ1) is 28.6. The molecule has 0 N–H and O–H groups in total. The smallest absolute Gasteiger partial charge is 0.422 e. The summed E-state index contributed by atoms with van der Waals surface area (Å²) in [5, 5.41) is 0. The molecule has 1 fully saturated rings. The van der Waals surface area contributed by atoms with Crippen molar-refractivity contribution in [1.29, 1.82) is 0 Å². The highest BCUT2D eigenvalue weighted by Crippen LogP contribution is 2.34. The average Bonchev–Trinajstić information content (AvgIpc) is 2.89. The lowest BCUT2D eigenvalue weighted by Crippen LogP contribution is -2.55. The van der Waals surface area contributed by atoms with Crippen LogP contribution in [-0.4, -0.2) is 88.0 Å². The van der Waals surface area contributed by atoms with Crippen molar-refractivity contribution in [3.63, 3.8) is 0 Å². The molecule has 39 heavy (non-hydrogen) atoms. The van der Waals surface area contributed by atoms with Gasteiger partial charge in [0.2, 0.25) is 16.1 Å². The maximum atomic E-state index is 13.3. The summed E-state index contributed by atoms with van der Waals surface area (Å²) in [5.41, 5.74) is 0. The Morgan fingerprint density at radius 2 is 1.51 bits per heavy atom. The molecule has 2 aliphatic heterocycles. The van der Waals surface area contributed by atoms with Gasteiger partial charge in [-0.25, -0.2) is 8.42 Å². The van der Waals surface area contributed by atoms with Gasteiger partial charge in [-0.15, -0.1) is 0 Å². The highest BCUT2D eigenvalue weighted by Gasteiger charge is 2.37. The van der Waals surface area contributed by atoms with Gasteiger partial charge in [-0.2, -0.15) is 30.6 Å². The molecule has 2 aromatic carbocycles. The Kier molecular flexibility index (Phi) is 8.07. The molecule has 2 heterocycles. The molecule has 0 radical (unpaired) electrons. The number of halogens is 6. The van der Waals surface area contributed by atoms with Crippen molar-refractivity contribution in [1.82, 2.24) is 9.21 Å². The van der Waals surface area contributed by atoms with Crippen molar-refractivity contribution >= 4 is 15.9 Å². The Bertz CT molecular complexity index is 1290. The van der Waals surface area contributed by atoms with E-state index in [2.05, 4.69) is 9.47 Å². The van der Waals surface area contributed by atoms with Crippen LogP contribution in [0.5, 0.6) is 23.0 Å². The Morgan fingerprint density at radius 1 is 0.897 bits per heavy atom. The van der Waals surface area contributed by atoms with Crippen molar-refractivity contribution in [2.45, 2.75) is 23.4 Å². The first-order valence-electron chi connectivity index (χ1n) is 11.4. The van der Waals surface area contributed by atoms with Gasteiger partial charge in [0.25, 0.3) is 5.91 Å². The first-order valence-corrected chi connectivity index (χ1v) is 12.9. The number of fused-ring (bicyclic) bond motifs is 1. The second kappa shape index (κ2) is 11.0. The van der Waals surface area contributed by atoms with E-state index < -0.39 is 64.0 Å². The number of benzene rings is 2. The average molecular weight is 584 g/mol. The lowest BCUT2D eigenvalue weighted by molar-refractivity contribution is -0.154. The van der Waals surface area contributed by atoms with Gasteiger partial charge < -0.3 is 23.8 Å². The summed E-state index contributed by atoms with van der Waals surface area (Å²) < 4.78 is 124. The fraction of sp³-hybridized carbons (Fsp3) is 0.435. The zero-order valence-electron chi connectivity index (χ0n) is 20.0. The Balaban J connectivity index is 1.47. The fourth-order valence-corrected chi connectivity index (χ4v) is 5.43. The lowest BCUT2D eigenvalue weighted by Gasteiger charge is -2.36. The molecule has 2 aliphatic rings. The normalized spacial score (nSPS) is 18.5. The zero-order valence-corrected chi connectivity index (χ0v) is 20.8. The Morgan fingerprint density at radius 3 is 2.15 bits per heavy atom. The van der Waals surface area contributed by atoms with Gasteiger partial charge in [-0.3, -0.25) is 4.79 Å². The molecule has 2 aromatic rings. The second-order valence-electron chi connectivity index (χ2n) is 8.51. The molecule has 4 rings (SSSR count). The number of carbonyl (C=O) groups excluding carboxylic acids is 1. The molecule has 9 nitrogen and oxygen atoms in total. The zero-order chi connectivity index (χ0) is 28.4. The minimum atomic E-state index is -4.80. The summed E-state index contributed by atoms with van der Waals surface area (Å²) in [4.78, 5) is 13.5. The van der Waals surface area contributed by atoms with Gasteiger partial charge in [0.1, 0.15) is 23.0 Å². The molecule has 0 aliphatic carbocycles. The fourth-order valence-electron chi connectivity index (χ4n) is 3.86. The Hall–Kier alpha value is -3.40. The van der Waals surface area contributed by atoms with Crippen LogP contribution >= 0.6 is 0 Å². The maximum absolute atomic E-state index is 13.3. The van der Waals surface area contributed by atoms with E-state index in [9.17, 15) is 39.6 Å². The van der Waals surface area contributed by atoms with Crippen molar-refractivity contribution in [3.05, 3.63) is 42.5 Å². The molecule has 0 aromatic heterocycles. The number of nitrogens with zero attached hydrogens (tertiary/aromatic N) is 2. The van der Waals surface area contributed by atoms with Gasteiger partial charge in [0.05, 0.1) is 0 Å². The summed E-state index contributed by atoms with van der Waals surface area (Å²) in [5.74, 6) is -0.839. The highest BCUT2D eigenvalue weighted by atomic mass is 32.2. The van der Waals surface area contributed by atoms with E-state index in [1.54, 1.807) is 24.3 Å². The summed E-state index contributed by atoms with van der Waals surface area (Å²) in [6.45, 7) is -4.28. The summed E-state index contributed by atoms with van der Waals surface area (Å²) in [6, 6.07) is 9.09. The third-order valence-electron chi connectivity index (χ3n) is 5.66. The molecule has 0 bridgehead atoms. The van der Waals surface area contributed by atoms with Gasteiger partial charge in [0, 0.05) is 32.2 Å². The number of piperazine rings is 1. The molecule has 1 saturated heterocycles. The first-order chi connectivity index (χ1) is 18.2. The van der Waals surface area contributed by atoms with Gasteiger partial charge in [-0.1, -0.05) is 12.1 Å². The SMILES string of the molecule is O=C(C1COc2ccccc2O1)N1CCN(S(=O)(=O)c2cc(OCC(F)(F)F)ccc2OCC(F)(F)F)CC1. The van der Waals surface area contributed by atoms with Gasteiger partial charge in [-0.05, 0) is 24.3 Å². The standard InChI is InChI=1S/C23H22F6N2O7S/c24-22(25,26)13-36-15-5-6-18(37-14-23(27,28)29)20(11-15)39(33,34)31-9-7-30(8-10-31)21(32)19-12-35-16-3-1-2-4-17(16)38-19/h1-6,11,19H,7-10,12-14H2. The van der Waals surface area contributed by atoms with Crippen LogP contribution in [0.25, 0.3) is 0 Å². The number of rotatable bonds is 7. The van der Waals surface area contributed by atoms with Crippen LogP contribution in [-0.2, 0) is 14.8 Å². The number of ether oxygens (including phenoxy) is 4. The molecule has 214 valence electrons. The molecule has 1 atom stereocenters. The van der Waals surface area contributed by atoms with E-state index in [1.165, 1.54) is 4.90 Å². The largest absolute Gasteiger partial charge is 0.485 e. The number of amides is 1. The number of para-hydroxylation sites is 2. The number of hydrogen-bond acceptors (Lipinski definition) is 7. The van der Waals surface area contributed by atoms with Crippen LogP contribution < -0.4 is 18.9 Å². The van der Waals surface area contributed by atoms with E-state index in [4.69, 9.17) is 9.47 Å².